The van der Waals surface area contributed by atoms with Crippen molar-refractivity contribution in [2.45, 2.75) is 19.9 Å². The third-order valence-electron chi connectivity index (χ3n) is 4.72. The molecule has 0 radical (unpaired) electrons. The van der Waals surface area contributed by atoms with Crippen molar-refractivity contribution in [3.63, 3.8) is 0 Å². The molecule has 1 aromatic carbocycles. The molecule has 0 amide bonds. The summed E-state index contributed by atoms with van der Waals surface area (Å²) in [5, 5.41) is 0.861. The van der Waals surface area contributed by atoms with Crippen molar-refractivity contribution < 1.29 is 13.2 Å². The third-order valence-corrected chi connectivity index (χ3v) is 6.56. The van der Waals surface area contributed by atoms with Crippen LogP contribution in [0.5, 0.6) is 0 Å². The van der Waals surface area contributed by atoms with E-state index in [0.29, 0.717) is 6.42 Å². The maximum Gasteiger partial charge on any atom is 0.281 e. The molecule has 28 heavy (non-hydrogen) atoms. The molecule has 7 nitrogen and oxygen atoms in total. The van der Waals surface area contributed by atoms with Gasteiger partial charge in [0.05, 0.1) is 5.52 Å². The summed E-state index contributed by atoms with van der Waals surface area (Å²) in [4.78, 5) is 16.5. The summed E-state index contributed by atoms with van der Waals surface area (Å²) in [6.07, 6.45) is 5.55. The van der Waals surface area contributed by atoms with E-state index in [-0.39, 0.29) is 12.5 Å². The van der Waals surface area contributed by atoms with E-state index >= 15 is 0 Å². The highest BCUT2D eigenvalue weighted by Crippen LogP contribution is 2.29. The fourth-order valence-electron chi connectivity index (χ4n) is 3.12. The van der Waals surface area contributed by atoms with Gasteiger partial charge in [-0.15, -0.1) is 0 Å². The topological polar surface area (TPSA) is 75.5 Å². The van der Waals surface area contributed by atoms with Crippen molar-refractivity contribution in [3.8, 4) is 11.1 Å². The molecule has 0 N–H and O–H groups in total. The molecule has 3 rings (SSSR count). The molecule has 3 aromatic rings. The molecule has 0 aliphatic rings. The van der Waals surface area contributed by atoms with Gasteiger partial charge in [-0.1, -0.05) is 19.1 Å². The maximum atomic E-state index is 12.5. The van der Waals surface area contributed by atoms with Crippen molar-refractivity contribution >= 4 is 27.0 Å². The number of carbonyl (C=O) groups excluding carboxylic acids is 1. The highest BCUT2D eigenvalue weighted by Gasteiger charge is 2.23. The molecule has 0 saturated heterocycles. The number of rotatable bonds is 6. The normalized spacial score (nSPS) is 12.2. The Balaban J connectivity index is 2.11. The molecule has 0 fully saturated rings. The minimum Gasteiger partial charge on any atom is -0.287 e. The van der Waals surface area contributed by atoms with E-state index in [1.807, 2.05) is 37.3 Å². The standard InChI is InChI=1S/C20H24N4O3S/c1-5-20(25)24-14-17(13-23(4)28(26,27)22(2)3)18-7-6-16(12-19(18)24)15-8-10-21-11-9-15/h6-12,14H,5,13H2,1-4H3. The number of aromatic nitrogens is 2. The first kappa shape index (κ1) is 20.2. The zero-order valence-electron chi connectivity index (χ0n) is 16.5. The highest BCUT2D eigenvalue weighted by molar-refractivity contribution is 7.86. The van der Waals surface area contributed by atoms with Gasteiger partial charge in [-0.25, -0.2) is 0 Å². The van der Waals surface area contributed by atoms with E-state index in [4.69, 9.17) is 0 Å². The predicted octanol–water partition coefficient (Wildman–Crippen LogP) is 2.99. The van der Waals surface area contributed by atoms with Gasteiger partial charge in [0.25, 0.3) is 10.2 Å². The van der Waals surface area contributed by atoms with Gasteiger partial charge < -0.3 is 0 Å². The lowest BCUT2D eigenvalue weighted by Crippen LogP contribution is -2.36. The second-order valence-corrected chi connectivity index (χ2v) is 9.03. The van der Waals surface area contributed by atoms with Gasteiger partial charge in [0.2, 0.25) is 5.91 Å². The molecule has 0 spiro atoms. The molecule has 0 aliphatic heterocycles. The van der Waals surface area contributed by atoms with Gasteiger partial charge in [0, 0.05) is 58.1 Å². The van der Waals surface area contributed by atoms with Crippen LogP contribution in [0.25, 0.3) is 22.0 Å². The van der Waals surface area contributed by atoms with E-state index in [1.165, 1.54) is 29.8 Å². The van der Waals surface area contributed by atoms with E-state index < -0.39 is 10.2 Å². The van der Waals surface area contributed by atoms with Crippen LogP contribution in [0.15, 0.2) is 48.9 Å². The smallest absolute Gasteiger partial charge is 0.281 e. The van der Waals surface area contributed by atoms with Crippen LogP contribution >= 0.6 is 0 Å². The third kappa shape index (κ3) is 3.71. The van der Waals surface area contributed by atoms with Crippen LogP contribution in [0.1, 0.15) is 23.7 Å². The second-order valence-electron chi connectivity index (χ2n) is 6.79. The van der Waals surface area contributed by atoms with Crippen LogP contribution in [-0.4, -0.2) is 53.6 Å². The molecule has 148 valence electrons. The van der Waals surface area contributed by atoms with E-state index in [0.717, 1.165) is 27.6 Å². The Morgan fingerprint density at radius 1 is 1.07 bits per heavy atom. The molecule has 0 aliphatic carbocycles. The number of carbonyl (C=O) groups is 1. The lowest BCUT2D eigenvalue weighted by molar-refractivity contribution is 0.0914. The maximum absolute atomic E-state index is 12.5. The Hall–Kier alpha value is -2.55. The molecule has 0 unspecified atom stereocenters. The van der Waals surface area contributed by atoms with Crippen LogP contribution in [0.2, 0.25) is 0 Å². The molecule has 0 atom stereocenters. The Morgan fingerprint density at radius 3 is 2.36 bits per heavy atom. The molecular weight excluding hydrogens is 376 g/mol. The number of fused-ring (bicyclic) bond motifs is 1. The van der Waals surface area contributed by atoms with Crippen LogP contribution in [0, 0.1) is 0 Å². The zero-order valence-corrected chi connectivity index (χ0v) is 17.3. The van der Waals surface area contributed by atoms with E-state index in [2.05, 4.69) is 4.98 Å². The molecule has 2 heterocycles. The summed E-state index contributed by atoms with van der Waals surface area (Å²) in [6, 6.07) is 9.70. The lowest BCUT2D eigenvalue weighted by atomic mass is 10.0. The summed E-state index contributed by atoms with van der Waals surface area (Å²) < 4.78 is 28.8. The fraction of sp³-hybridized carbons (Fsp3) is 0.300. The van der Waals surface area contributed by atoms with Crippen molar-refractivity contribution in [1.29, 1.82) is 0 Å². The van der Waals surface area contributed by atoms with Crippen LogP contribution in [0.3, 0.4) is 0 Å². The number of benzene rings is 1. The van der Waals surface area contributed by atoms with Crippen molar-refractivity contribution in [1.82, 2.24) is 18.2 Å². The molecule has 2 aromatic heterocycles. The Bertz CT molecular complexity index is 1110. The summed E-state index contributed by atoms with van der Waals surface area (Å²) in [5.74, 6) is -0.0405. The number of hydrogen-bond acceptors (Lipinski definition) is 4. The summed E-state index contributed by atoms with van der Waals surface area (Å²) >= 11 is 0. The summed E-state index contributed by atoms with van der Waals surface area (Å²) in [6.45, 7) is 1.98. The Labute approximate surface area is 165 Å². The SMILES string of the molecule is CCC(=O)n1cc(CN(C)S(=O)(=O)N(C)C)c2ccc(-c3ccncc3)cc21. The Kier molecular flexibility index (Phi) is 5.64. The van der Waals surface area contributed by atoms with Gasteiger partial charge in [0.15, 0.2) is 0 Å². The predicted molar refractivity (Wildman–Crippen MR) is 110 cm³/mol. The van der Waals surface area contributed by atoms with Crippen molar-refractivity contribution in [2.75, 3.05) is 21.1 Å². The van der Waals surface area contributed by atoms with Gasteiger partial charge in [-0.2, -0.15) is 17.0 Å². The fourth-order valence-corrected chi connectivity index (χ4v) is 3.98. The first-order valence-electron chi connectivity index (χ1n) is 8.97. The molecule has 0 bridgehead atoms. The molecular formula is C20H24N4O3S. The first-order valence-corrected chi connectivity index (χ1v) is 10.4. The summed E-state index contributed by atoms with van der Waals surface area (Å²) in [5.41, 5.74) is 3.53. The van der Waals surface area contributed by atoms with Crippen LogP contribution < -0.4 is 0 Å². The summed E-state index contributed by atoms with van der Waals surface area (Å²) in [7, 11) is 0.981. The van der Waals surface area contributed by atoms with Gasteiger partial charge in [-0.05, 0) is 34.9 Å². The van der Waals surface area contributed by atoms with Crippen molar-refractivity contribution in [3.05, 3.63) is 54.5 Å². The zero-order chi connectivity index (χ0) is 20.5. The van der Waals surface area contributed by atoms with Crippen LogP contribution in [-0.2, 0) is 16.8 Å². The second kappa shape index (κ2) is 7.83. The number of nitrogens with zero attached hydrogens (tertiary/aromatic N) is 4. The molecule has 0 saturated carbocycles. The minimum atomic E-state index is -3.55. The van der Waals surface area contributed by atoms with Crippen LogP contribution in [0.4, 0.5) is 0 Å². The quantitative estimate of drug-likeness (QED) is 0.637. The monoisotopic (exact) mass is 400 g/mol. The average Bonchev–Trinajstić information content (AvgIpc) is 3.05. The largest absolute Gasteiger partial charge is 0.287 e. The highest BCUT2D eigenvalue weighted by atomic mass is 32.2. The van der Waals surface area contributed by atoms with E-state index in [9.17, 15) is 13.2 Å². The number of hydrogen-bond donors (Lipinski definition) is 0. The van der Waals surface area contributed by atoms with Gasteiger partial charge in [0.1, 0.15) is 0 Å². The lowest BCUT2D eigenvalue weighted by Gasteiger charge is -2.21. The molecule has 8 heteroatoms. The average molecular weight is 401 g/mol. The van der Waals surface area contributed by atoms with E-state index in [1.54, 1.807) is 23.2 Å². The van der Waals surface area contributed by atoms with Crippen molar-refractivity contribution in [2.24, 2.45) is 0 Å². The minimum absolute atomic E-state index is 0.0405. The first-order chi connectivity index (χ1) is 13.3. The number of pyridine rings is 1. The Morgan fingerprint density at radius 2 is 1.75 bits per heavy atom. The van der Waals surface area contributed by atoms with Gasteiger partial charge in [-0.3, -0.25) is 14.3 Å². The van der Waals surface area contributed by atoms with Gasteiger partial charge >= 0.3 is 0 Å².